The number of carboxylic acids is 1. The molecule has 2 aromatic carbocycles. The summed E-state index contributed by atoms with van der Waals surface area (Å²) >= 11 is 0. The second kappa shape index (κ2) is 5.58. The van der Waals surface area contributed by atoms with Crippen LogP contribution in [0, 0.1) is 15.9 Å². The minimum Gasteiger partial charge on any atom is -0.477 e. The first-order chi connectivity index (χ1) is 9.90. The Hall–Kier alpha value is -2.96. The number of hydrogen-bond donors (Lipinski definition) is 1. The summed E-state index contributed by atoms with van der Waals surface area (Å²) in [5.41, 5.74) is 0.00318. The van der Waals surface area contributed by atoms with Gasteiger partial charge in [0.15, 0.2) is 0 Å². The van der Waals surface area contributed by atoms with Gasteiger partial charge >= 0.3 is 5.97 Å². The van der Waals surface area contributed by atoms with Crippen molar-refractivity contribution in [1.82, 2.24) is 0 Å². The number of carboxylic acid groups (broad SMARTS) is 1. The Morgan fingerprint density at radius 3 is 2.48 bits per heavy atom. The van der Waals surface area contributed by atoms with Gasteiger partial charge in [-0.3, -0.25) is 10.1 Å². The molecule has 0 spiro atoms. The Labute approximate surface area is 119 Å². The fourth-order valence-corrected chi connectivity index (χ4v) is 1.90. The van der Waals surface area contributed by atoms with Crippen LogP contribution in [0.4, 0.5) is 21.5 Å². The van der Waals surface area contributed by atoms with Crippen molar-refractivity contribution < 1.29 is 19.2 Å². The average molecular weight is 290 g/mol. The molecule has 0 atom stereocenters. The second-order valence-electron chi connectivity index (χ2n) is 4.30. The third-order valence-electron chi connectivity index (χ3n) is 2.99. The quantitative estimate of drug-likeness (QED) is 0.690. The Kier molecular flexibility index (Phi) is 3.84. The predicted molar refractivity (Wildman–Crippen MR) is 74.5 cm³/mol. The number of nitro benzene ring substituents is 1. The van der Waals surface area contributed by atoms with Crippen molar-refractivity contribution in [1.29, 1.82) is 0 Å². The average Bonchev–Trinajstić information content (AvgIpc) is 2.45. The van der Waals surface area contributed by atoms with Crippen molar-refractivity contribution in [2.24, 2.45) is 0 Å². The van der Waals surface area contributed by atoms with Gasteiger partial charge in [0.1, 0.15) is 11.4 Å². The number of carbonyl (C=O) groups is 1. The van der Waals surface area contributed by atoms with Gasteiger partial charge < -0.3 is 10.0 Å². The lowest BCUT2D eigenvalue weighted by Gasteiger charge is -2.19. The number of hydrogen-bond acceptors (Lipinski definition) is 4. The highest BCUT2D eigenvalue weighted by Crippen LogP contribution is 2.29. The lowest BCUT2D eigenvalue weighted by Crippen LogP contribution is -2.11. The molecule has 2 aromatic rings. The van der Waals surface area contributed by atoms with Crippen molar-refractivity contribution in [2.45, 2.75) is 0 Å². The molecule has 0 aromatic heterocycles. The lowest BCUT2D eigenvalue weighted by molar-refractivity contribution is -0.385. The minimum atomic E-state index is -1.39. The standard InChI is InChI=1S/C14H11FN2O4/c1-16(10-4-2-3-9(15)7-10)11-5-6-13(17(20)21)12(8-11)14(18)19/h2-8H,1H3,(H,18,19). The van der Waals surface area contributed by atoms with Crippen LogP contribution in [0.3, 0.4) is 0 Å². The van der Waals surface area contributed by atoms with Crippen molar-refractivity contribution >= 4 is 23.0 Å². The molecule has 0 unspecified atom stereocenters. The maximum atomic E-state index is 13.2. The molecule has 0 heterocycles. The Morgan fingerprint density at radius 2 is 1.90 bits per heavy atom. The summed E-state index contributed by atoms with van der Waals surface area (Å²) in [6.07, 6.45) is 0. The molecular formula is C14H11FN2O4. The van der Waals surface area contributed by atoms with Crippen LogP contribution >= 0.6 is 0 Å². The van der Waals surface area contributed by atoms with E-state index in [0.717, 1.165) is 6.07 Å². The molecule has 0 aliphatic heterocycles. The molecule has 7 heteroatoms. The summed E-state index contributed by atoms with van der Waals surface area (Å²) in [7, 11) is 1.61. The molecular weight excluding hydrogens is 279 g/mol. The number of aromatic carboxylic acids is 1. The Bertz CT molecular complexity index is 718. The number of benzene rings is 2. The topological polar surface area (TPSA) is 83.7 Å². The summed E-state index contributed by atoms with van der Waals surface area (Å²) in [6, 6.07) is 9.45. The third kappa shape index (κ3) is 2.97. The van der Waals surface area contributed by atoms with Crippen LogP contribution in [-0.4, -0.2) is 23.0 Å². The molecule has 108 valence electrons. The third-order valence-corrected chi connectivity index (χ3v) is 2.99. The van der Waals surface area contributed by atoms with Crippen molar-refractivity contribution in [3.8, 4) is 0 Å². The van der Waals surface area contributed by atoms with Crippen LogP contribution in [0.25, 0.3) is 0 Å². The molecule has 2 rings (SSSR count). The number of nitro groups is 1. The monoisotopic (exact) mass is 290 g/mol. The maximum absolute atomic E-state index is 13.2. The normalized spacial score (nSPS) is 10.2. The molecule has 0 saturated carbocycles. The highest BCUT2D eigenvalue weighted by Gasteiger charge is 2.21. The molecule has 0 saturated heterocycles. The van der Waals surface area contributed by atoms with Crippen molar-refractivity contribution in [2.75, 3.05) is 11.9 Å². The largest absolute Gasteiger partial charge is 0.477 e. The van der Waals surface area contributed by atoms with Crippen LogP contribution in [0.1, 0.15) is 10.4 Å². The molecule has 0 radical (unpaired) electrons. The predicted octanol–water partition coefficient (Wildman–Crippen LogP) is 3.20. The zero-order valence-corrected chi connectivity index (χ0v) is 11.0. The summed E-state index contributed by atoms with van der Waals surface area (Å²) in [6.45, 7) is 0. The zero-order valence-electron chi connectivity index (χ0n) is 11.0. The smallest absolute Gasteiger partial charge is 0.342 e. The van der Waals surface area contributed by atoms with E-state index < -0.39 is 28.0 Å². The van der Waals surface area contributed by atoms with Gasteiger partial charge in [-0.2, -0.15) is 0 Å². The maximum Gasteiger partial charge on any atom is 0.342 e. The minimum absolute atomic E-state index is 0.406. The molecule has 0 aliphatic carbocycles. The Morgan fingerprint density at radius 1 is 1.24 bits per heavy atom. The summed E-state index contributed by atoms with van der Waals surface area (Å²) < 4.78 is 13.2. The van der Waals surface area contributed by atoms with Crippen LogP contribution in [0.2, 0.25) is 0 Å². The zero-order chi connectivity index (χ0) is 15.6. The van der Waals surface area contributed by atoms with Gasteiger partial charge in [-0.15, -0.1) is 0 Å². The van der Waals surface area contributed by atoms with Gasteiger partial charge in [0, 0.05) is 24.5 Å². The van der Waals surface area contributed by atoms with Crippen LogP contribution in [-0.2, 0) is 0 Å². The fraction of sp³-hybridized carbons (Fsp3) is 0.0714. The SMILES string of the molecule is CN(c1cccc(F)c1)c1ccc([N+](=O)[O-])c(C(=O)O)c1. The molecule has 21 heavy (non-hydrogen) atoms. The number of nitrogens with zero attached hydrogens (tertiary/aromatic N) is 2. The van der Waals surface area contributed by atoms with Crippen LogP contribution in [0.5, 0.6) is 0 Å². The summed E-state index contributed by atoms with van der Waals surface area (Å²) in [5, 5.41) is 19.9. The molecule has 0 fully saturated rings. The molecule has 6 nitrogen and oxygen atoms in total. The van der Waals surface area contributed by atoms with Crippen molar-refractivity contribution in [3.63, 3.8) is 0 Å². The highest BCUT2D eigenvalue weighted by molar-refractivity contribution is 5.94. The van der Waals surface area contributed by atoms with E-state index in [9.17, 15) is 19.3 Å². The summed E-state index contributed by atoms with van der Waals surface area (Å²) in [5.74, 6) is -1.82. The first kappa shape index (κ1) is 14.4. The van der Waals surface area contributed by atoms with E-state index in [1.165, 1.54) is 30.3 Å². The highest BCUT2D eigenvalue weighted by atomic mass is 19.1. The fourth-order valence-electron chi connectivity index (χ4n) is 1.90. The van der Waals surface area contributed by atoms with E-state index in [4.69, 9.17) is 5.11 Å². The number of halogens is 1. The molecule has 0 amide bonds. The second-order valence-corrected chi connectivity index (χ2v) is 4.30. The van der Waals surface area contributed by atoms with E-state index >= 15 is 0 Å². The summed E-state index contributed by atoms with van der Waals surface area (Å²) in [4.78, 5) is 22.7. The lowest BCUT2D eigenvalue weighted by atomic mass is 10.1. The Balaban J connectivity index is 2.47. The molecule has 1 N–H and O–H groups in total. The van der Waals surface area contributed by atoms with Gasteiger partial charge in [0.05, 0.1) is 4.92 Å². The van der Waals surface area contributed by atoms with Gasteiger partial charge in [-0.1, -0.05) is 6.07 Å². The van der Waals surface area contributed by atoms with Gasteiger partial charge in [-0.25, -0.2) is 9.18 Å². The number of anilines is 2. The van der Waals surface area contributed by atoms with Crippen LogP contribution < -0.4 is 4.90 Å². The molecule has 0 aliphatic rings. The van der Waals surface area contributed by atoms with Gasteiger partial charge in [0.25, 0.3) is 5.69 Å². The van der Waals surface area contributed by atoms with E-state index in [0.29, 0.717) is 11.4 Å². The van der Waals surface area contributed by atoms with E-state index in [1.807, 2.05) is 0 Å². The van der Waals surface area contributed by atoms with E-state index in [2.05, 4.69) is 0 Å². The van der Waals surface area contributed by atoms with Gasteiger partial charge in [-0.05, 0) is 30.3 Å². The first-order valence-corrected chi connectivity index (χ1v) is 5.91. The first-order valence-electron chi connectivity index (χ1n) is 5.91. The van der Waals surface area contributed by atoms with E-state index in [-0.39, 0.29) is 0 Å². The molecule has 0 bridgehead atoms. The van der Waals surface area contributed by atoms with Crippen LogP contribution in [0.15, 0.2) is 42.5 Å². The van der Waals surface area contributed by atoms with E-state index in [1.54, 1.807) is 18.0 Å². The number of rotatable bonds is 4. The van der Waals surface area contributed by atoms with Gasteiger partial charge in [0.2, 0.25) is 0 Å². The van der Waals surface area contributed by atoms with Crippen molar-refractivity contribution in [3.05, 3.63) is 64.0 Å².